The molecule has 1 heterocycles. The van der Waals surface area contributed by atoms with Gasteiger partial charge in [-0.1, -0.05) is 0 Å². The van der Waals surface area contributed by atoms with Gasteiger partial charge in [0.1, 0.15) is 15.6 Å². The van der Waals surface area contributed by atoms with Crippen LogP contribution in [0.3, 0.4) is 0 Å². The summed E-state index contributed by atoms with van der Waals surface area (Å²) in [5.74, 6) is 0. The Hall–Kier alpha value is -0.0700. The fourth-order valence-corrected chi connectivity index (χ4v) is 3.70. The van der Waals surface area contributed by atoms with E-state index in [0.717, 1.165) is 34.0 Å². The molecule has 0 aliphatic heterocycles. The lowest BCUT2D eigenvalue weighted by Gasteiger charge is -2.13. The maximum Gasteiger partial charge on any atom is 0.144 e. The van der Waals surface area contributed by atoms with Crippen LogP contribution in [0.15, 0.2) is 13.5 Å². The van der Waals surface area contributed by atoms with E-state index in [1.54, 1.807) is 6.21 Å². The average Bonchev–Trinajstić information content (AvgIpc) is 2.80. The third-order valence-corrected chi connectivity index (χ3v) is 5.86. The molecule has 0 saturated carbocycles. The van der Waals surface area contributed by atoms with Crippen molar-refractivity contribution in [3.05, 3.63) is 25.9 Å². The molecule has 0 bridgehead atoms. The first-order valence-corrected chi connectivity index (χ1v) is 8.83. The van der Waals surface area contributed by atoms with Crippen LogP contribution in [-0.4, -0.2) is 20.2 Å². The van der Waals surface area contributed by atoms with Crippen molar-refractivity contribution in [2.24, 2.45) is 4.40 Å². The molecule has 3 nitrogen and oxygen atoms in total. The summed E-state index contributed by atoms with van der Waals surface area (Å²) in [6.45, 7) is 5.71. The molecule has 0 saturated heterocycles. The average molecular weight is 408 g/mol. The quantitative estimate of drug-likeness (QED) is 0.549. The Labute approximate surface area is 133 Å². The summed E-state index contributed by atoms with van der Waals surface area (Å²) >= 11 is 7.10. The second-order valence-corrected chi connectivity index (χ2v) is 8.99. The Bertz CT molecular complexity index is 565. The van der Waals surface area contributed by atoms with Crippen LogP contribution in [0.2, 0.25) is 0 Å². The highest BCUT2D eigenvalue weighted by molar-refractivity contribution is 9.11. The first-order valence-electron chi connectivity index (χ1n) is 6.13. The minimum atomic E-state index is -1.26. The molecular formula is C13H16Br2N2OS. The van der Waals surface area contributed by atoms with Crippen molar-refractivity contribution in [2.45, 2.75) is 44.8 Å². The van der Waals surface area contributed by atoms with Gasteiger partial charge >= 0.3 is 0 Å². The summed E-state index contributed by atoms with van der Waals surface area (Å²) in [7, 11) is -1.26. The second-order valence-electron chi connectivity index (χ2n) is 5.51. The van der Waals surface area contributed by atoms with Gasteiger partial charge in [-0.3, -0.25) is 0 Å². The molecule has 0 fully saturated rings. The van der Waals surface area contributed by atoms with E-state index >= 15 is 0 Å². The maximum absolute atomic E-state index is 11.9. The molecule has 0 spiro atoms. The Morgan fingerprint density at radius 3 is 2.53 bits per heavy atom. The molecule has 6 heteroatoms. The fourth-order valence-electron chi connectivity index (χ4n) is 1.93. The number of rotatable bonds is 2. The third kappa shape index (κ3) is 3.34. The fraction of sp³-hybridized carbons (Fsp3) is 0.538. The van der Waals surface area contributed by atoms with Gasteiger partial charge in [0.25, 0.3) is 0 Å². The zero-order valence-electron chi connectivity index (χ0n) is 11.2. The minimum absolute atomic E-state index is 0.350. The summed E-state index contributed by atoms with van der Waals surface area (Å²) in [6.07, 6.45) is 4.88. The van der Waals surface area contributed by atoms with Crippen molar-refractivity contribution in [3.8, 4) is 0 Å². The molecule has 0 amide bonds. The Balaban J connectivity index is 2.35. The molecule has 0 radical (unpaired) electrons. The molecule has 1 aromatic rings. The number of halogens is 2. The topological polar surface area (TPSA) is 42.3 Å². The van der Waals surface area contributed by atoms with E-state index in [9.17, 15) is 4.21 Å². The number of nitrogens with zero attached hydrogens (tertiary/aromatic N) is 2. The standard InChI is InChI=1S/C13H16Br2N2OS/c1-13(2,3)19(18)16-7-10-11(14)8-5-4-6-9(8)12(15)17-10/h7H,4-6H2,1-3H3/t19-/m0/s1. The van der Waals surface area contributed by atoms with E-state index in [-0.39, 0.29) is 4.75 Å². The molecule has 1 aliphatic rings. The largest absolute Gasteiger partial charge is 0.238 e. The zero-order chi connectivity index (χ0) is 14.2. The molecule has 0 aromatic carbocycles. The highest BCUT2D eigenvalue weighted by Gasteiger charge is 2.21. The third-order valence-electron chi connectivity index (χ3n) is 2.97. The summed E-state index contributed by atoms with van der Waals surface area (Å²) in [6, 6.07) is 0. The predicted octanol–water partition coefficient (Wildman–Crippen LogP) is 3.98. The van der Waals surface area contributed by atoms with Crippen LogP contribution in [0.5, 0.6) is 0 Å². The van der Waals surface area contributed by atoms with Crippen LogP contribution in [0.25, 0.3) is 0 Å². The van der Waals surface area contributed by atoms with Gasteiger partial charge < -0.3 is 0 Å². The number of pyridine rings is 1. The lowest BCUT2D eigenvalue weighted by atomic mass is 10.1. The maximum atomic E-state index is 11.9. The van der Waals surface area contributed by atoms with E-state index < -0.39 is 11.0 Å². The van der Waals surface area contributed by atoms with Gasteiger partial charge in [0.2, 0.25) is 0 Å². The van der Waals surface area contributed by atoms with Crippen molar-refractivity contribution >= 4 is 49.1 Å². The van der Waals surface area contributed by atoms with E-state index in [1.807, 2.05) is 20.8 Å². The van der Waals surface area contributed by atoms with E-state index in [4.69, 9.17) is 0 Å². The van der Waals surface area contributed by atoms with Gasteiger partial charge in [-0.15, -0.1) is 0 Å². The van der Waals surface area contributed by atoms with Crippen molar-refractivity contribution in [1.82, 2.24) is 4.98 Å². The smallest absolute Gasteiger partial charge is 0.144 e. The molecule has 0 N–H and O–H groups in total. The Kier molecular flexibility index (Phi) is 4.63. The highest BCUT2D eigenvalue weighted by atomic mass is 79.9. The van der Waals surface area contributed by atoms with Crippen LogP contribution in [0, 0.1) is 0 Å². The SMILES string of the molecule is CC(C)(C)[S@](=O)N=Cc1nc(Br)c2c(c1Br)CCC2. The highest BCUT2D eigenvalue weighted by Crippen LogP contribution is 2.34. The zero-order valence-corrected chi connectivity index (χ0v) is 15.2. The second kappa shape index (κ2) is 5.74. The van der Waals surface area contributed by atoms with Gasteiger partial charge in [-0.2, -0.15) is 4.40 Å². The van der Waals surface area contributed by atoms with E-state index in [2.05, 4.69) is 41.2 Å². The molecule has 1 aromatic heterocycles. The van der Waals surface area contributed by atoms with E-state index in [0.29, 0.717) is 0 Å². The summed E-state index contributed by atoms with van der Waals surface area (Å²) in [5.41, 5.74) is 3.32. The first-order chi connectivity index (χ1) is 8.80. The van der Waals surface area contributed by atoms with Gasteiger partial charge in [-0.25, -0.2) is 9.19 Å². The van der Waals surface area contributed by atoms with Crippen LogP contribution in [0.4, 0.5) is 0 Å². The first kappa shape index (κ1) is 15.3. The van der Waals surface area contributed by atoms with Crippen molar-refractivity contribution in [3.63, 3.8) is 0 Å². The van der Waals surface area contributed by atoms with E-state index in [1.165, 1.54) is 11.1 Å². The van der Waals surface area contributed by atoms with Crippen molar-refractivity contribution in [1.29, 1.82) is 0 Å². The van der Waals surface area contributed by atoms with Crippen LogP contribution in [0.1, 0.15) is 44.0 Å². The van der Waals surface area contributed by atoms with Crippen LogP contribution >= 0.6 is 31.9 Å². The molecule has 1 aliphatic carbocycles. The van der Waals surface area contributed by atoms with Crippen molar-refractivity contribution < 1.29 is 4.21 Å². The summed E-state index contributed by atoms with van der Waals surface area (Å²) in [5, 5.41) is 0. The van der Waals surface area contributed by atoms with Gasteiger partial charge in [0.15, 0.2) is 0 Å². The normalized spacial score (nSPS) is 16.9. The Morgan fingerprint density at radius 1 is 1.26 bits per heavy atom. The van der Waals surface area contributed by atoms with Crippen LogP contribution < -0.4 is 0 Å². The molecule has 1 atom stereocenters. The monoisotopic (exact) mass is 406 g/mol. The minimum Gasteiger partial charge on any atom is -0.238 e. The van der Waals surface area contributed by atoms with Crippen molar-refractivity contribution in [2.75, 3.05) is 0 Å². The van der Waals surface area contributed by atoms with Gasteiger partial charge in [-0.05, 0) is 83.0 Å². The van der Waals surface area contributed by atoms with Gasteiger partial charge in [0.05, 0.1) is 16.7 Å². The molecule has 19 heavy (non-hydrogen) atoms. The number of aromatic nitrogens is 1. The number of hydrogen-bond acceptors (Lipinski definition) is 2. The molecular weight excluding hydrogens is 392 g/mol. The van der Waals surface area contributed by atoms with Gasteiger partial charge in [0, 0.05) is 4.47 Å². The summed E-state index contributed by atoms with van der Waals surface area (Å²) in [4.78, 5) is 4.48. The lowest BCUT2D eigenvalue weighted by Crippen LogP contribution is -2.19. The Morgan fingerprint density at radius 2 is 1.89 bits per heavy atom. The molecule has 2 rings (SSSR count). The number of hydrogen-bond donors (Lipinski definition) is 0. The molecule has 104 valence electrons. The molecule has 0 unspecified atom stereocenters. The lowest BCUT2D eigenvalue weighted by molar-refractivity contribution is 0.651. The summed E-state index contributed by atoms with van der Waals surface area (Å²) < 4.78 is 17.6. The predicted molar refractivity (Wildman–Crippen MR) is 87.2 cm³/mol. The van der Waals surface area contributed by atoms with Crippen LogP contribution in [-0.2, 0) is 23.8 Å². The number of fused-ring (bicyclic) bond motifs is 1.